The molecule has 3 aromatic rings. The highest BCUT2D eigenvalue weighted by Gasteiger charge is 2.12. The van der Waals surface area contributed by atoms with Crippen LogP contribution in [0.4, 0.5) is 8.78 Å². The van der Waals surface area contributed by atoms with Gasteiger partial charge in [0.15, 0.2) is 0 Å². The van der Waals surface area contributed by atoms with Crippen LogP contribution in [0.3, 0.4) is 0 Å². The molecule has 0 spiro atoms. The molecule has 0 aliphatic heterocycles. The highest BCUT2D eigenvalue weighted by atomic mass is 35.5. The number of aromatic nitrogens is 2. The van der Waals surface area contributed by atoms with Gasteiger partial charge < -0.3 is 0 Å². The summed E-state index contributed by atoms with van der Waals surface area (Å²) < 4.78 is 27.5. The van der Waals surface area contributed by atoms with Crippen molar-refractivity contribution in [2.45, 2.75) is 13.5 Å². The van der Waals surface area contributed by atoms with Crippen LogP contribution in [0, 0.1) is 18.6 Å². The molecule has 0 bridgehead atoms. The van der Waals surface area contributed by atoms with Gasteiger partial charge in [-0.05, 0) is 48.9 Å². The third-order valence-electron chi connectivity index (χ3n) is 3.82. The first-order valence-corrected chi connectivity index (χ1v) is 8.38. The summed E-state index contributed by atoms with van der Waals surface area (Å²) in [6.07, 6.45) is 1.40. The molecule has 1 amide bonds. The van der Waals surface area contributed by atoms with E-state index in [1.54, 1.807) is 23.7 Å². The van der Waals surface area contributed by atoms with Crippen molar-refractivity contribution >= 4 is 23.7 Å². The molecule has 0 unspecified atom stereocenters. The van der Waals surface area contributed by atoms with E-state index in [9.17, 15) is 13.6 Å². The normalized spacial score (nSPS) is 11.1. The van der Waals surface area contributed by atoms with E-state index < -0.39 is 11.7 Å². The summed E-state index contributed by atoms with van der Waals surface area (Å²) >= 11 is 6.34. The Hall–Kier alpha value is -3.06. The number of hydrogen-bond donors (Lipinski definition) is 1. The molecule has 0 aliphatic rings. The summed E-state index contributed by atoms with van der Waals surface area (Å²) in [5, 5.41) is 8.57. The van der Waals surface area contributed by atoms with Crippen molar-refractivity contribution < 1.29 is 13.6 Å². The molecular formula is C19H15ClF2N4O. The van der Waals surface area contributed by atoms with Gasteiger partial charge in [-0.1, -0.05) is 23.7 Å². The SMILES string of the molecule is Cc1nn(Cc2ccc(F)cc2)c(Cl)c1C=NNC(=O)c1ccc(F)cc1. The first kappa shape index (κ1) is 18.7. The Bertz CT molecular complexity index is 982. The zero-order valence-corrected chi connectivity index (χ0v) is 15.0. The molecule has 0 saturated heterocycles. The molecule has 2 aromatic carbocycles. The topological polar surface area (TPSA) is 59.3 Å². The molecule has 0 aliphatic carbocycles. The number of hydrogen-bond acceptors (Lipinski definition) is 3. The summed E-state index contributed by atoms with van der Waals surface area (Å²) in [5.41, 5.74) is 4.66. The fourth-order valence-electron chi connectivity index (χ4n) is 2.40. The number of halogens is 3. The maximum atomic E-state index is 13.0. The van der Waals surface area contributed by atoms with E-state index in [1.165, 1.54) is 42.6 Å². The fourth-order valence-corrected chi connectivity index (χ4v) is 2.69. The molecule has 3 rings (SSSR count). The molecule has 0 radical (unpaired) electrons. The van der Waals surface area contributed by atoms with Gasteiger partial charge in [-0.25, -0.2) is 18.9 Å². The van der Waals surface area contributed by atoms with E-state index in [-0.39, 0.29) is 11.4 Å². The average Bonchev–Trinajstić information content (AvgIpc) is 2.91. The molecule has 0 atom stereocenters. The standard InChI is InChI=1S/C19H15ClF2N4O/c1-12-17(10-23-24-19(27)14-4-8-16(22)9-5-14)18(20)26(25-12)11-13-2-6-15(21)7-3-13/h2-10H,11H2,1H3,(H,24,27). The first-order valence-electron chi connectivity index (χ1n) is 8.00. The van der Waals surface area contributed by atoms with Gasteiger partial charge in [-0.3, -0.25) is 4.79 Å². The number of nitrogens with one attached hydrogen (secondary N) is 1. The van der Waals surface area contributed by atoms with Crippen molar-refractivity contribution in [2.75, 3.05) is 0 Å². The van der Waals surface area contributed by atoms with Gasteiger partial charge in [0.05, 0.1) is 24.0 Å². The Morgan fingerprint density at radius 3 is 2.37 bits per heavy atom. The second-order valence-electron chi connectivity index (χ2n) is 5.78. The van der Waals surface area contributed by atoms with E-state index >= 15 is 0 Å². The molecule has 27 heavy (non-hydrogen) atoms. The first-order chi connectivity index (χ1) is 12.9. The minimum atomic E-state index is -0.473. The fraction of sp³-hybridized carbons (Fsp3) is 0.105. The van der Waals surface area contributed by atoms with Gasteiger partial charge in [-0.2, -0.15) is 10.2 Å². The van der Waals surface area contributed by atoms with Crippen LogP contribution in [0.15, 0.2) is 53.6 Å². The van der Waals surface area contributed by atoms with Crippen LogP contribution in [0.1, 0.15) is 27.2 Å². The van der Waals surface area contributed by atoms with E-state index in [1.807, 2.05) is 0 Å². The lowest BCUT2D eigenvalue weighted by molar-refractivity contribution is 0.0955. The van der Waals surface area contributed by atoms with Crippen molar-refractivity contribution in [3.8, 4) is 0 Å². The predicted octanol–water partition coefficient (Wildman–Crippen LogP) is 3.94. The van der Waals surface area contributed by atoms with Crippen molar-refractivity contribution in [2.24, 2.45) is 5.10 Å². The second kappa shape index (κ2) is 8.09. The number of nitrogens with zero attached hydrogens (tertiary/aromatic N) is 3. The summed E-state index contributed by atoms with van der Waals surface area (Å²) in [6, 6.07) is 11.1. The van der Waals surface area contributed by atoms with Crippen LogP contribution < -0.4 is 5.43 Å². The van der Waals surface area contributed by atoms with Crippen LogP contribution in [-0.2, 0) is 6.54 Å². The molecule has 0 fully saturated rings. The molecule has 8 heteroatoms. The minimum Gasteiger partial charge on any atom is -0.267 e. The van der Waals surface area contributed by atoms with Crippen LogP contribution >= 0.6 is 11.6 Å². The lowest BCUT2D eigenvalue weighted by Crippen LogP contribution is -2.17. The highest BCUT2D eigenvalue weighted by molar-refractivity contribution is 6.32. The lowest BCUT2D eigenvalue weighted by atomic mass is 10.2. The molecule has 0 saturated carbocycles. The Morgan fingerprint density at radius 1 is 1.15 bits per heavy atom. The Morgan fingerprint density at radius 2 is 1.74 bits per heavy atom. The van der Waals surface area contributed by atoms with Gasteiger partial charge >= 0.3 is 0 Å². The number of carbonyl (C=O) groups excluding carboxylic acids is 1. The van der Waals surface area contributed by atoms with Gasteiger partial charge in [0, 0.05) is 5.56 Å². The minimum absolute atomic E-state index is 0.281. The van der Waals surface area contributed by atoms with Crippen LogP contribution in [0.2, 0.25) is 5.15 Å². The Kier molecular flexibility index (Phi) is 5.61. The van der Waals surface area contributed by atoms with Crippen molar-refractivity contribution in [1.82, 2.24) is 15.2 Å². The smallest absolute Gasteiger partial charge is 0.267 e. The van der Waals surface area contributed by atoms with Crippen LogP contribution in [-0.4, -0.2) is 21.9 Å². The van der Waals surface area contributed by atoms with E-state index in [0.29, 0.717) is 23.0 Å². The quantitative estimate of drug-likeness (QED) is 0.531. The summed E-state index contributed by atoms with van der Waals surface area (Å²) in [7, 11) is 0. The van der Waals surface area contributed by atoms with Crippen LogP contribution in [0.5, 0.6) is 0 Å². The Labute approximate surface area is 159 Å². The number of amides is 1. The lowest BCUT2D eigenvalue weighted by Gasteiger charge is -2.03. The molecule has 138 valence electrons. The van der Waals surface area contributed by atoms with Gasteiger partial charge in [0.1, 0.15) is 16.8 Å². The number of carbonyl (C=O) groups is 1. The predicted molar refractivity (Wildman–Crippen MR) is 98.9 cm³/mol. The van der Waals surface area contributed by atoms with E-state index in [2.05, 4.69) is 15.6 Å². The second-order valence-corrected chi connectivity index (χ2v) is 6.14. The summed E-state index contributed by atoms with van der Waals surface area (Å²) in [6.45, 7) is 2.13. The number of benzene rings is 2. The average molecular weight is 389 g/mol. The molecule has 5 nitrogen and oxygen atoms in total. The third kappa shape index (κ3) is 4.57. The van der Waals surface area contributed by atoms with Gasteiger partial charge in [0.2, 0.25) is 0 Å². The Balaban J connectivity index is 1.70. The summed E-state index contributed by atoms with van der Waals surface area (Å²) in [4.78, 5) is 12.0. The monoisotopic (exact) mass is 388 g/mol. The number of hydrazone groups is 1. The van der Waals surface area contributed by atoms with Crippen molar-refractivity contribution in [1.29, 1.82) is 0 Å². The van der Waals surface area contributed by atoms with Gasteiger partial charge in [-0.15, -0.1) is 0 Å². The zero-order valence-electron chi connectivity index (χ0n) is 14.3. The summed E-state index contributed by atoms with van der Waals surface area (Å²) in [5.74, 6) is -1.21. The molecule has 1 heterocycles. The highest BCUT2D eigenvalue weighted by Crippen LogP contribution is 2.19. The van der Waals surface area contributed by atoms with Crippen LogP contribution in [0.25, 0.3) is 0 Å². The zero-order chi connectivity index (χ0) is 19.4. The van der Waals surface area contributed by atoms with E-state index in [4.69, 9.17) is 11.6 Å². The van der Waals surface area contributed by atoms with Gasteiger partial charge in [0.25, 0.3) is 5.91 Å². The number of rotatable bonds is 5. The largest absolute Gasteiger partial charge is 0.271 e. The molecule has 1 aromatic heterocycles. The third-order valence-corrected chi connectivity index (χ3v) is 4.22. The van der Waals surface area contributed by atoms with Crippen molar-refractivity contribution in [3.05, 3.63) is 87.7 Å². The van der Waals surface area contributed by atoms with E-state index in [0.717, 1.165) is 5.56 Å². The molecule has 1 N–H and O–H groups in total. The maximum Gasteiger partial charge on any atom is 0.271 e. The maximum absolute atomic E-state index is 13.0. The van der Waals surface area contributed by atoms with Crippen molar-refractivity contribution in [3.63, 3.8) is 0 Å². The molecular weight excluding hydrogens is 374 g/mol. The number of aryl methyl sites for hydroxylation is 1.